The Kier molecular flexibility index (Phi) is 4.53. The van der Waals surface area contributed by atoms with Gasteiger partial charge in [-0.05, 0) is 20.8 Å². The van der Waals surface area contributed by atoms with Gasteiger partial charge in [0.1, 0.15) is 23.3 Å². The Balaban J connectivity index is 2.30. The number of thioether (sulfide) groups is 1. The molecule has 0 aliphatic carbocycles. The highest BCUT2D eigenvalue weighted by Crippen LogP contribution is 2.40. The Morgan fingerprint density at radius 2 is 2.05 bits per heavy atom. The second-order valence-electron chi connectivity index (χ2n) is 6.09. The van der Waals surface area contributed by atoms with E-state index in [1.54, 1.807) is 20.8 Å². The van der Waals surface area contributed by atoms with Crippen LogP contribution in [0.15, 0.2) is 11.3 Å². The second-order valence-corrected chi connectivity index (χ2v) is 7.19. The number of hydrogen-bond donors (Lipinski definition) is 1. The molecule has 0 saturated carbocycles. The monoisotopic (exact) mass is 329 g/mol. The summed E-state index contributed by atoms with van der Waals surface area (Å²) >= 11 is 1.32. The molecule has 2 heterocycles. The van der Waals surface area contributed by atoms with Crippen LogP contribution in [-0.4, -0.2) is 57.3 Å². The number of β-lactam (4-membered cyclic amide) rings is 1. The molecular formula is C14H19NO6S. The molecule has 2 rings (SSSR count). The number of aliphatic hydroxyl groups is 1. The lowest BCUT2D eigenvalue weighted by molar-refractivity contribution is -0.164. The molecule has 22 heavy (non-hydrogen) atoms. The average Bonchev–Trinajstić information content (AvgIpc) is 2.41. The van der Waals surface area contributed by atoms with E-state index < -0.39 is 34.9 Å². The molecule has 8 heteroatoms. The van der Waals surface area contributed by atoms with Crippen molar-refractivity contribution in [2.24, 2.45) is 0 Å². The number of amides is 1. The number of carbonyl (C=O) groups is 3. The standard InChI is InChI=1S/C14H19NO6S/c1-7(16)20-5-8-6-22-12-10(17)11(18)15(12)9(8)13(19)21-14(2,3)4/h10,12,17H,5-6H2,1-4H3/t10-,12-/m1/s1. The topological polar surface area (TPSA) is 93.1 Å². The zero-order chi connectivity index (χ0) is 16.7. The van der Waals surface area contributed by atoms with Gasteiger partial charge >= 0.3 is 11.9 Å². The summed E-state index contributed by atoms with van der Waals surface area (Å²) in [5.74, 6) is -1.29. The lowest BCUT2D eigenvalue weighted by atomic mass is 10.1. The van der Waals surface area contributed by atoms with E-state index in [9.17, 15) is 19.5 Å². The van der Waals surface area contributed by atoms with Crippen LogP contribution in [0.25, 0.3) is 0 Å². The van der Waals surface area contributed by atoms with Gasteiger partial charge in [0.15, 0.2) is 6.10 Å². The average molecular weight is 329 g/mol. The smallest absolute Gasteiger partial charge is 0.355 e. The summed E-state index contributed by atoms with van der Waals surface area (Å²) in [5.41, 5.74) is -0.135. The van der Waals surface area contributed by atoms with Gasteiger partial charge in [-0.2, -0.15) is 0 Å². The largest absolute Gasteiger partial charge is 0.461 e. The van der Waals surface area contributed by atoms with E-state index in [1.807, 2.05) is 0 Å². The number of esters is 2. The molecule has 0 aromatic carbocycles. The van der Waals surface area contributed by atoms with Crippen LogP contribution < -0.4 is 0 Å². The van der Waals surface area contributed by atoms with E-state index in [2.05, 4.69) is 0 Å². The van der Waals surface area contributed by atoms with Gasteiger partial charge in [0.2, 0.25) is 0 Å². The van der Waals surface area contributed by atoms with Crippen LogP contribution in [0, 0.1) is 0 Å². The van der Waals surface area contributed by atoms with Crippen molar-refractivity contribution in [3.05, 3.63) is 11.3 Å². The van der Waals surface area contributed by atoms with Crippen LogP contribution >= 0.6 is 11.8 Å². The van der Waals surface area contributed by atoms with Gasteiger partial charge in [-0.1, -0.05) is 0 Å². The van der Waals surface area contributed by atoms with Crippen molar-refractivity contribution in [2.45, 2.75) is 44.8 Å². The molecule has 1 amide bonds. The third-order valence-corrected chi connectivity index (χ3v) is 4.39. The van der Waals surface area contributed by atoms with E-state index in [0.717, 1.165) is 0 Å². The Hall–Kier alpha value is -1.54. The summed E-state index contributed by atoms with van der Waals surface area (Å²) in [6, 6.07) is 0. The SMILES string of the molecule is CC(=O)OCC1=C(C(=O)OC(C)(C)C)N2C(=O)[C@@H](O)[C@H]2SC1. The predicted molar refractivity (Wildman–Crippen MR) is 78.6 cm³/mol. The Bertz CT molecular complexity index is 550. The van der Waals surface area contributed by atoms with Crippen LogP contribution in [0.5, 0.6) is 0 Å². The minimum atomic E-state index is -1.11. The van der Waals surface area contributed by atoms with Crippen molar-refractivity contribution in [1.82, 2.24) is 4.90 Å². The number of fused-ring (bicyclic) bond motifs is 1. The summed E-state index contributed by atoms with van der Waals surface area (Å²) in [6.07, 6.45) is -1.11. The number of rotatable bonds is 3. The Labute approximate surface area is 132 Å². The maximum atomic E-state index is 12.4. The fourth-order valence-electron chi connectivity index (χ4n) is 2.14. The van der Waals surface area contributed by atoms with Crippen LogP contribution in [0.1, 0.15) is 27.7 Å². The first kappa shape index (κ1) is 16.8. The Morgan fingerprint density at radius 1 is 1.41 bits per heavy atom. The van der Waals surface area contributed by atoms with Gasteiger partial charge in [0, 0.05) is 18.2 Å². The first-order valence-electron chi connectivity index (χ1n) is 6.83. The van der Waals surface area contributed by atoms with E-state index >= 15 is 0 Å². The minimum absolute atomic E-state index is 0.0789. The van der Waals surface area contributed by atoms with Gasteiger partial charge in [-0.25, -0.2) is 4.79 Å². The van der Waals surface area contributed by atoms with Crippen LogP contribution in [-0.2, 0) is 23.9 Å². The van der Waals surface area contributed by atoms with E-state index in [-0.39, 0.29) is 12.3 Å². The van der Waals surface area contributed by atoms with Crippen LogP contribution in [0.3, 0.4) is 0 Å². The first-order chi connectivity index (χ1) is 10.1. The van der Waals surface area contributed by atoms with E-state index in [1.165, 1.54) is 23.6 Å². The molecule has 0 aromatic rings. The van der Waals surface area contributed by atoms with Crippen LogP contribution in [0.2, 0.25) is 0 Å². The molecule has 0 aromatic heterocycles. The molecule has 7 nitrogen and oxygen atoms in total. The fourth-order valence-corrected chi connectivity index (χ4v) is 3.39. The summed E-state index contributed by atoms with van der Waals surface area (Å²) in [4.78, 5) is 36.5. The predicted octanol–water partition coefficient (Wildman–Crippen LogP) is 0.421. The summed E-state index contributed by atoms with van der Waals surface area (Å²) < 4.78 is 10.3. The molecule has 0 bridgehead atoms. The summed E-state index contributed by atoms with van der Waals surface area (Å²) in [7, 11) is 0. The van der Waals surface area contributed by atoms with Gasteiger partial charge in [-0.3, -0.25) is 14.5 Å². The molecular weight excluding hydrogens is 310 g/mol. The lowest BCUT2D eigenvalue weighted by Crippen LogP contribution is -2.65. The number of hydrogen-bond acceptors (Lipinski definition) is 7. The molecule has 1 saturated heterocycles. The summed E-state index contributed by atoms with van der Waals surface area (Å²) in [5, 5.41) is 9.19. The van der Waals surface area contributed by atoms with Crippen molar-refractivity contribution in [3.63, 3.8) is 0 Å². The van der Waals surface area contributed by atoms with Crippen LogP contribution in [0.4, 0.5) is 0 Å². The Morgan fingerprint density at radius 3 is 2.59 bits per heavy atom. The minimum Gasteiger partial charge on any atom is -0.461 e. The van der Waals surface area contributed by atoms with Crippen molar-refractivity contribution >= 4 is 29.6 Å². The normalized spacial score (nSPS) is 24.6. The van der Waals surface area contributed by atoms with Crippen molar-refractivity contribution in [2.75, 3.05) is 12.4 Å². The highest BCUT2D eigenvalue weighted by molar-refractivity contribution is 8.00. The van der Waals surface area contributed by atoms with E-state index in [4.69, 9.17) is 9.47 Å². The third-order valence-electron chi connectivity index (χ3n) is 3.06. The maximum Gasteiger partial charge on any atom is 0.355 e. The lowest BCUT2D eigenvalue weighted by Gasteiger charge is -2.47. The molecule has 0 spiro atoms. The van der Waals surface area contributed by atoms with Gasteiger partial charge < -0.3 is 14.6 Å². The fraction of sp³-hybridized carbons (Fsp3) is 0.643. The molecule has 2 aliphatic rings. The second kappa shape index (κ2) is 5.92. The number of nitrogens with zero attached hydrogens (tertiary/aromatic N) is 1. The third kappa shape index (κ3) is 3.27. The highest BCUT2D eigenvalue weighted by Gasteiger charge is 2.53. The maximum absolute atomic E-state index is 12.4. The molecule has 1 N–H and O–H groups in total. The summed E-state index contributed by atoms with van der Waals surface area (Å²) in [6.45, 7) is 6.35. The van der Waals surface area contributed by atoms with Crippen molar-refractivity contribution < 1.29 is 29.0 Å². The van der Waals surface area contributed by atoms with Gasteiger partial charge in [-0.15, -0.1) is 11.8 Å². The molecule has 1 fully saturated rings. The van der Waals surface area contributed by atoms with Gasteiger partial charge in [0.05, 0.1) is 0 Å². The zero-order valence-electron chi connectivity index (χ0n) is 12.9. The zero-order valence-corrected chi connectivity index (χ0v) is 13.7. The molecule has 2 aliphatic heterocycles. The molecule has 2 atom stereocenters. The molecule has 0 radical (unpaired) electrons. The molecule has 122 valence electrons. The highest BCUT2D eigenvalue weighted by atomic mass is 32.2. The quantitative estimate of drug-likeness (QED) is 0.592. The number of ether oxygens (including phenoxy) is 2. The van der Waals surface area contributed by atoms with Crippen molar-refractivity contribution in [1.29, 1.82) is 0 Å². The first-order valence-corrected chi connectivity index (χ1v) is 7.88. The molecule has 0 unspecified atom stereocenters. The number of aliphatic hydroxyl groups excluding tert-OH is 1. The van der Waals surface area contributed by atoms with Crippen molar-refractivity contribution in [3.8, 4) is 0 Å². The van der Waals surface area contributed by atoms with E-state index in [0.29, 0.717) is 11.3 Å². The number of carbonyl (C=O) groups excluding carboxylic acids is 3. The van der Waals surface area contributed by atoms with Gasteiger partial charge in [0.25, 0.3) is 5.91 Å².